The Hall–Kier alpha value is -2.61. The molecule has 2 aromatic heterocycles. The molecule has 2 heterocycles. The number of ether oxygens (including phenoxy) is 1. The Bertz CT molecular complexity index is 899. The van der Waals surface area contributed by atoms with Crippen LogP contribution in [-0.4, -0.2) is 45.3 Å². The third-order valence-corrected chi connectivity index (χ3v) is 4.60. The Balaban J connectivity index is 1.60. The number of thioether (sulfide) groups is 1. The van der Waals surface area contributed by atoms with Crippen molar-refractivity contribution in [2.75, 3.05) is 19.9 Å². The number of carbonyl (C=O) groups is 1. The van der Waals surface area contributed by atoms with E-state index in [0.717, 1.165) is 5.65 Å². The van der Waals surface area contributed by atoms with Gasteiger partial charge in [0.1, 0.15) is 0 Å². The van der Waals surface area contributed by atoms with Crippen molar-refractivity contribution in [3.8, 4) is 5.75 Å². The zero-order valence-corrected chi connectivity index (χ0v) is 14.7. The summed E-state index contributed by atoms with van der Waals surface area (Å²) in [5, 5.41) is 8.79. The third-order valence-electron chi connectivity index (χ3n) is 3.67. The van der Waals surface area contributed by atoms with Crippen molar-refractivity contribution in [1.82, 2.24) is 19.5 Å². The van der Waals surface area contributed by atoms with Crippen molar-refractivity contribution < 1.29 is 13.9 Å². The van der Waals surface area contributed by atoms with Crippen molar-refractivity contribution in [2.24, 2.45) is 0 Å². The number of methoxy groups -OCH3 is 1. The van der Waals surface area contributed by atoms with E-state index >= 15 is 0 Å². The third kappa shape index (κ3) is 3.90. The summed E-state index contributed by atoms with van der Waals surface area (Å²) in [4.78, 5) is 13.9. The lowest BCUT2D eigenvalue weighted by Crippen LogP contribution is -2.27. The van der Waals surface area contributed by atoms with Gasteiger partial charge in [-0.2, -0.15) is 0 Å². The van der Waals surface area contributed by atoms with E-state index in [9.17, 15) is 9.18 Å². The largest absolute Gasteiger partial charge is 0.494 e. The number of hydrogen-bond donors (Lipinski definition) is 0. The van der Waals surface area contributed by atoms with Gasteiger partial charge in [0.25, 0.3) is 0 Å². The number of benzene rings is 1. The van der Waals surface area contributed by atoms with Crippen LogP contribution < -0.4 is 4.74 Å². The maximum absolute atomic E-state index is 13.7. The molecule has 25 heavy (non-hydrogen) atoms. The molecule has 6 nitrogen and oxygen atoms in total. The van der Waals surface area contributed by atoms with Gasteiger partial charge in [0.2, 0.25) is 5.91 Å². The minimum atomic E-state index is -0.440. The van der Waals surface area contributed by atoms with E-state index in [-0.39, 0.29) is 17.4 Å². The summed E-state index contributed by atoms with van der Waals surface area (Å²) < 4.78 is 20.5. The van der Waals surface area contributed by atoms with Crippen LogP contribution in [0.4, 0.5) is 4.39 Å². The fraction of sp³-hybridized carbons (Fsp3) is 0.235. The van der Waals surface area contributed by atoms with Crippen molar-refractivity contribution >= 4 is 23.3 Å². The summed E-state index contributed by atoms with van der Waals surface area (Å²) in [6, 6.07) is 10.3. The second-order valence-electron chi connectivity index (χ2n) is 5.42. The van der Waals surface area contributed by atoms with E-state index < -0.39 is 5.82 Å². The number of halogens is 1. The Labute approximate surface area is 148 Å². The topological polar surface area (TPSA) is 59.7 Å². The lowest BCUT2D eigenvalue weighted by Gasteiger charge is -2.17. The van der Waals surface area contributed by atoms with Gasteiger partial charge in [0.05, 0.1) is 12.9 Å². The highest BCUT2D eigenvalue weighted by atomic mass is 32.2. The molecule has 0 saturated heterocycles. The molecule has 1 amide bonds. The molecule has 0 saturated carbocycles. The average Bonchev–Trinajstić information content (AvgIpc) is 3.03. The maximum Gasteiger partial charge on any atom is 0.233 e. The smallest absolute Gasteiger partial charge is 0.233 e. The molecule has 130 valence electrons. The standard InChI is InChI=1S/C17H17FN4O2S/c1-21(10-12-6-7-14(24-2)13(18)9-12)16(23)11-25-17-20-19-15-5-3-4-8-22(15)17/h3-9H,10-11H2,1-2H3. The van der Waals surface area contributed by atoms with Gasteiger partial charge in [0.15, 0.2) is 22.4 Å². The molecule has 0 bridgehead atoms. The predicted octanol–water partition coefficient (Wildman–Crippen LogP) is 2.63. The van der Waals surface area contributed by atoms with Gasteiger partial charge in [-0.1, -0.05) is 23.9 Å². The molecule has 0 spiro atoms. The maximum atomic E-state index is 13.7. The molecule has 0 aliphatic rings. The Morgan fingerprint density at radius 1 is 1.32 bits per heavy atom. The summed E-state index contributed by atoms with van der Waals surface area (Å²) in [7, 11) is 3.10. The summed E-state index contributed by atoms with van der Waals surface area (Å²) in [6.07, 6.45) is 1.85. The predicted molar refractivity (Wildman–Crippen MR) is 93.1 cm³/mol. The monoisotopic (exact) mass is 360 g/mol. The van der Waals surface area contributed by atoms with Crippen LogP contribution in [0.1, 0.15) is 5.56 Å². The number of pyridine rings is 1. The lowest BCUT2D eigenvalue weighted by atomic mass is 10.2. The van der Waals surface area contributed by atoms with E-state index in [1.165, 1.54) is 24.9 Å². The second-order valence-corrected chi connectivity index (χ2v) is 6.36. The molecule has 1 aromatic carbocycles. The molecular weight excluding hydrogens is 343 g/mol. The number of rotatable bonds is 6. The first kappa shape index (κ1) is 17.2. The number of fused-ring (bicyclic) bond motifs is 1. The number of amides is 1. The molecule has 0 unspecified atom stereocenters. The molecule has 0 aliphatic carbocycles. The first-order valence-electron chi connectivity index (χ1n) is 7.57. The van der Waals surface area contributed by atoms with E-state index in [0.29, 0.717) is 17.3 Å². The van der Waals surface area contributed by atoms with E-state index in [4.69, 9.17) is 4.74 Å². The highest BCUT2D eigenvalue weighted by molar-refractivity contribution is 7.99. The lowest BCUT2D eigenvalue weighted by molar-refractivity contribution is -0.127. The number of hydrogen-bond acceptors (Lipinski definition) is 5. The van der Waals surface area contributed by atoms with Crippen LogP contribution in [-0.2, 0) is 11.3 Å². The highest BCUT2D eigenvalue weighted by Crippen LogP contribution is 2.20. The molecule has 0 N–H and O–H groups in total. The molecule has 0 fully saturated rings. The average molecular weight is 360 g/mol. The molecule has 3 aromatic rings. The molecule has 3 rings (SSSR count). The highest BCUT2D eigenvalue weighted by Gasteiger charge is 2.14. The van der Waals surface area contributed by atoms with Gasteiger partial charge in [-0.15, -0.1) is 10.2 Å². The second kappa shape index (κ2) is 7.52. The number of nitrogens with zero attached hydrogens (tertiary/aromatic N) is 4. The summed E-state index contributed by atoms with van der Waals surface area (Å²) in [5.74, 6) is -0.101. The van der Waals surface area contributed by atoms with Crippen LogP contribution in [0, 0.1) is 5.82 Å². The van der Waals surface area contributed by atoms with Gasteiger partial charge < -0.3 is 9.64 Å². The Kier molecular flexibility index (Phi) is 5.18. The molecule has 0 aliphatic heterocycles. The number of carbonyl (C=O) groups excluding carboxylic acids is 1. The van der Waals surface area contributed by atoms with Crippen LogP contribution in [0.3, 0.4) is 0 Å². The Morgan fingerprint density at radius 3 is 2.92 bits per heavy atom. The summed E-state index contributed by atoms with van der Waals surface area (Å²) in [6.45, 7) is 0.320. The normalized spacial score (nSPS) is 10.8. The molecule has 0 atom stereocenters. The quantitative estimate of drug-likeness (QED) is 0.633. The summed E-state index contributed by atoms with van der Waals surface area (Å²) in [5.41, 5.74) is 1.44. The van der Waals surface area contributed by atoms with Crippen molar-refractivity contribution in [3.05, 3.63) is 54.0 Å². The fourth-order valence-electron chi connectivity index (χ4n) is 2.32. The zero-order chi connectivity index (χ0) is 17.8. The zero-order valence-electron chi connectivity index (χ0n) is 13.8. The van der Waals surface area contributed by atoms with Gasteiger partial charge >= 0.3 is 0 Å². The van der Waals surface area contributed by atoms with E-state index in [1.807, 2.05) is 28.8 Å². The first-order chi connectivity index (χ1) is 12.1. The van der Waals surface area contributed by atoms with Crippen LogP contribution in [0.5, 0.6) is 5.75 Å². The first-order valence-corrected chi connectivity index (χ1v) is 8.56. The van der Waals surface area contributed by atoms with Crippen molar-refractivity contribution in [3.63, 3.8) is 0 Å². The molecule has 0 radical (unpaired) electrons. The van der Waals surface area contributed by atoms with Gasteiger partial charge in [-0.3, -0.25) is 9.20 Å². The van der Waals surface area contributed by atoms with Crippen molar-refractivity contribution in [2.45, 2.75) is 11.7 Å². The van der Waals surface area contributed by atoms with E-state index in [1.54, 1.807) is 24.1 Å². The minimum absolute atomic E-state index is 0.0751. The van der Waals surface area contributed by atoms with Crippen LogP contribution >= 0.6 is 11.8 Å². The van der Waals surface area contributed by atoms with Crippen LogP contribution in [0.25, 0.3) is 5.65 Å². The van der Waals surface area contributed by atoms with E-state index in [2.05, 4.69) is 10.2 Å². The SMILES string of the molecule is COc1ccc(CN(C)C(=O)CSc2nnc3ccccn23)cc1F. The molecular formula is C17H17FN4O2S. The van der Waals surface area contributed by atoms with Crippen LogP contribution in [0.2, 0.25) is 0 Å². The summed E-state index contributed by atoms with van der Waals surface area (Å²) >= 11 is 1.32. The Morgan fingerprint density at radius 2 is 2.16 bits per heavy atom. The number of aromatic nitrogens is 3. The van der Waals surface area contributed by atoms with Crippen molar-refractivity contribution in [1.29, 1.82) is 0 Å². The molecule has 8 heteroatoms. The fourth-order valence-corrected chi connectivity index (χ4v) is 3.19. The van der Waals surface area contributed by atoms with Gasteiger partial charge in [-0.25, -0.2) is 4.39 Å². The van der Waals surface area contributed by atoms with Crippen LogP contribution in [0.15, 0.2) is 47.8 Å². The van der Waals surface area contributed by atoms with Gasteiger partial charge in [0, 0.05) is 19.8 Å². The minimum Gasteiger partial charge on any atom is -0.494 e. The van der Waals surface area contributed by atoms with Gasteiger partial charge in [-0.05, 0) is 29.8 Å².